The number of fused-ring (bicyclic) bond motifs is 2. The summed E-state index contributed by atoms with van der Waals surface area (Å²) in [4.78, 5) is 23.9. The first-order chi connectivity index (χ1) is 12.0. The molecule has 2 saturated carbocycles. The van der Waals surface area contributed by atoms with Crippen LogP contribution in [0.5, 0.6) is 0 Å². The summed E-state index contributed by atoms with van der Waals surface area (Å²) < 4.78 is 5.38. The van der Waals surface area contributed by atoms with Crippen molar-refractivity contribution in [3.8, 4) is 0 Å². The van der Waals surface area contributed by atoms with Gasteiger partial charge in [0.2, 0.25) is 11.8 Å². The van der Waals surface area contributed by atoms with E-state index in [2.05, 4.69) is 20.8 Å². The third kappa shape index (κ3) is 4.91. The van der Waals surface area contributed by atoms with Crippen molar-refractivity contribution in [1.29, 1.82) is 0 Å². The molecule has 2 N–H and O–H groups in total. The monoisotopic (exact) mass is 384 g/mol. The number of amides is 3. The number of nitrogens with one attached hydrogen (secondary N) is 2. The fourth-order valence-electron chi connectivity index (χ4n) is 4.02. The second-order valence-corrected chi connectivity index (χ2v) is 8.63. The molecule has 138 valence electrons. The standard InChI is InChI=1S/C16H24N4O3S2/c1-9(12-6-10-3-4-11(12)5-10)17-15(22)18-13(21)7-25-16-20-19-14(23-16)8-24-2/h9-12H,3-8H2,1-2H3,(H2,17,18,21,22)/t9-,10-,11-,12+/m0/s1. The van der Waals surface area contributed by atoms with Gasteiger partial charge in [-0.25, -0.2) is 4.79 Å². The Hall–Kier alpha value is -1.22. The third-order valence-electron chi connectivity index (χ3n) is 5.09. The molecule has 1 aromatic rings. The Labute approximate surface area is 155 Å². The van der Waals surface area contributed by atoms with Crippen LogP contribution in [0, 0.1) is 17.8 Å². The molecule has 0 radical (unpaired) electrons. The first-order valence-corrected chi connectivity index (χ1v) is 11.0. The number of aromatic nitrogens is 2. The number of thioether (sulfide) groups is 2. The van der Waals surface area contributed by atoms with Gasteiger partial charge in [-0.2, -0.15) is 11.8 Å². The third-order valence-corrected chi connectivity index (χ3v) is 6.44. The maximum absolute atomic E-state index is 12.0. The highest BCUT2D eigenvalue weighted by Crippen LogP contribution is 2.49. The molecule has 0 unspecified atom stereocenters. The van der Waals surface area contributed by atoms with Gasteiger partial charge in [-0.05, 0) is 50.2 Å². The number of hydrogen-bond donors (Lipinski definition) is 2. The molecular formula is C16H24N4O3S2. The highest BCUT2D eigenvalue weighted by Gasteiger charge is 2.42. The van der Waals surface area contributed by atoms with Gasteiger partial charge in [0.1, 0.15) is 0 Å². The van der Waals surface area contributed by atoms with Gasteiger partial charge >= 0.3 is 6.03 Å². The minimum absolute atomic E-state index is 0.0663. The van der Waals surface area contributed by atoms with Gasteiger partial charge in [0, 0.05) is 6.04 Å². The van der Waals surface area contributed by atoms with Crippen LogP contribution in [0.25, 0.3) is 0 Å². The van der Waals surface area contributed by atoms with Crippen molar-refractivity contribution in [3.63, 3.8) is 0 Å². The molecule has 2 fully saturated rings. The summed E-state index contributed by atoms with van der Waals surface area (Å²) in [5.41, 5.74) is 0. The molecule has 9 heteroatoms. The quantitative estimate of drug-likeness (QED) is 0.698. The van der Waals surface area contributed by atoms with E-state index in [9.17, 15) is 9.59 Å². The normalized spacial score (nSPS) is 25.8. The smallest absolute Gasteiger partial charge is 0.321 e. The molecule has 3 rings (SSSR count). The van der Waals surface area contributed by atoms with E-state index in [1.165, 1.54) is 25.7 Å². The lowest BCUT2D eigenvalue weighted by Crippen LogP contribution is -2.47. The highest BCUT2D eigenvalue weighted by molar-refractivity contribution is 7.99. The average molecular weight is 385 g/mol. The van der Waals surface area contributed by atoms with Gasteiger partial charge in [0.05, 0.1) is 11.5 Å². The Morgan fingerprint density at radius 1 is 1.32 bits per heavy atom. The van der Waals surface area contributed by atoms with Crippen molar-refractivity contribution in [2.75, 3.05) is 12.0 Å². The summed E-state index contributed by atoms with van der Waals surface area (Å²) >= 11 is 2.71. The molecule has 0 spiro atoms. The molecule has 4 atom stereocenters. The van der Waals surface area contributed by atoms with Crippen LogP contribution in [0.2, 0.25) is 0 Å². The summed E-state index contributed by atoms with van der Waals surface area (Å²) in [6, 6.07) is -0.324. The van der Waals surface area contributed by atoms with Crippen LogP contribution in [-0.4, -0.2) is 40.2 Å². The Kier molecular flexibility index (Phi) is 6.27. The zero-order chi connectivity index (χ0) is 17.8. The van der Waals surface area contributed by atoms with E-state index in [1.807, 2.05) is 13.2 Å². The van der Waals surface area contributed by atoms with E-state index >= 15 is 0 Å². The maximum atomic E-state index is 12.0. The SMILES string of the molecule is CSCc1nnc(SCC(=O)NC(=O)N[C@@H](C)[C@H]2C[C@H]3CC[C@H]2C3)o1. The molecule has 0 aromatic carbocycles. The second kappa shape index (κ2) is 8.44. The Balaban J connectivity index is 1.37. The summed E-state index contributed by atoms with van der Waals surface area (Å²) in [5, 5.41) is 13.4. The fraction of sp³-hybridized carbons (Fsp3) is 0.750. The Morgan fingerprint density at radius 3 is 2.84 bits per heavy atom. The lowest BCUT2D eigenvalue weighted by molar-refractivity contribution is -0.117. The lowest BCUT2D eigenvalue weighted by atomic mass is 9.84. The van der Waals surface area contributed by atoms with Gasteiger partial charge < -0.3 is 9.73 Å². The summed E-state index contributed by atoms with van der Waals surface area (Å²) in [5.74, 6) is 2.99. The summed E-state index contributed by atoms with van der Waals surface area (Å²) in [6.45, 7) is 2.04. The van der Waals surface area contributed by atoms with Crippen LogP contribution in [0.4, 0.5) is 4.79 Å². The Bertz CT molecular complexity index is 624. The van der Waals surface area contributed by atoms with E-state index in [4.69, 9.17) is 4.42 Å². The van der Waals surface area contributed by atoms with E-state index < -0.39 is 6.03 Å². The average Bonchev–Trinajstić information content (AvgIpc) is 3.29. The van der Waals surface area contributed by atoms with Crippen LogP contribution < -0.4 is 10.6 Å². The van der Waals surface area contributed by atoms with Crippen molar-refractivity contribution >= 4 is 35.5 Å². The van der Waals surface area contributed by atoms with Crippen molar-refractivity contribution in [2.24, 2.45) is 17.8 Å². The number of imide groups is 1. The van der Waals surface area contributed by atoms with Crippen molar-refractivity contribution in [2.45, 2.75) is 49.6 Å². The number of carbonyl (C=O) groups is 2. The van der Waals surface area contributed by atoms with Gasteiger partial charge in [-0.1, -0.05) is 18.2 Å². The molecule has 2 aliphatic rings. The first-order valence-electron chi connectivity index (χ1n) is 8.59. The number of carbonyl (C=O) groups excluding carboxylic acids is 2. The maximum Gasteiger partial charge on any atom is 0.321 e. The van der Waals surface area contributed by atoms with Crippen LogP contribution in [0.15, 0.2) is 9.64 Å². The molecule has 3 amide bonds. The zero-order valence-electron chi connectivity index (χ0n) is 14.5. The van der Waals surface area contributed by atoms with Gasteiger partial charge in [0.15, 0.2) is 0 Å². The minimum Gasteiger partial charge on any atom is -0.415 e. The number of hydrogen-bond acceptors (Lipinski definition) is 7. The molecule has 1 heterocycles. The van der Waals surface area contributed by atoms with Gasteiger partial charge in [0.25, 0.3) is 5.22 Å². The first kappa shape index (κ1) is 18.6. The molecule has 25 heavy (non-hydrogen) atoms. The van der Waals surface area contributed by atoms with Crippen molar-refractivity contribution in [1.82, 2.24) is 20.8 Å². The van der Waals surface area contributed by atoms with E-state index in [0.717, 1.165) is 23.6 Å². The number of nitrogens with zero attached hydrogens (tertiary/aromatic N) is 2. The van der Waals surface area contributed by atoms with Gasteiger partial charge in [-0.15, -0.1) is 10.2 Å². The topological polar surface area (TPSA) is 97.1 Å². The molecule has 2 aliphatic carbocycles. The molecule has 0 saturated heterocycles. The molecule has 1 aromatic heterocycles. The highest BCUT2D eigenvalue weighted by atomic mass is 32.2. The van der Waals surface area contributed by atoms with Gasteiger partial charge in [-0.3, -0.25) is 10.1 Å². The second-order valence-electron chi connectivity index (χ2n) is 6.83. The predicted octanol–water partition coefficient (Wildman–Crippen LogP) is 2.68. The van der Waals surface area contributed by atoms with E-state index in [0.29, 0.717) is 22.8 Å². The van der Waals surface area contributed by atoms with Crippen LogP contribution in [-0.2, 0) is 10.5 Å². The van der Waals surface area contributed by atoms with Crippen LogP contribution in [0.1, 0.15) is 38.5 Å². The fourth-order valence-corrected chi connectivity index (χ4v) is 4.97. The lowest BCUT2D eigenvalue weighted by Gasteiger charge is -2.28. The largest absolute Gasteiger partial charge is 0.415 e. The van der Waals surface area contributed by atoms with E-state index in [1.54, 1.807) is 11.8 Å². The molecule has 7 nitrogen and oxygen atoms in total. The summed E-state index contributed by atoms with van der Waals surface area (Å²) in [7, 11) is 0. The number of rotatable bonds is 7. The van der Waals surface area contributed by atoms with Crippen LogP contribution >= 0.6 is 23.5 Å². The molecular weight excluding hydrogens is 360 g/mol. The van der Waals surface area contributed by atoms with Crippen molar-refractivity contribution in [3.05, 3.63) is 5.89 Å². The zero-order valence-corrected chi connectivity index (χ0v) is 16.1. The predicted molar refractivity (Wildman–Crippen MR) is 97.3 cm³/mol. The van der Waals surface area contributed by atoms with Crippen molar-refractivity contribution < 1.29 is 14.0 Å². The van der Waals surface area contributed by atoms with E-state index in [-0.39, 0.29) is 17.7 Å². The molecule has 2 bridgehead atoms. The summed E-state index contributed by atoms with van der Waals surface area (Å²) in [6.07, 6.45) is 7.06. The van der Waals surface area contributed by atoms with Crippen LogP contribution in [0.3, 0.4) is 0 Å². The Morgan fingerprint density at radius 2 is 2.16 bits per heavy atom. The molecule has 0 aliphatic heterocycles. The number of urea groups is 1. The minimum atomic E-state index is -0.422.